The van der Waals surface area contributed by atoms with Gasteiger partial charge in [0.25, 0.3) is 0 Å². The summed E-state index contributed by atoms with van der Waals surface area (Å²) < 4.78 is 53.0. The Morgan fingerprint density at radius 3 is 1.82 bits per heavy atom. The summed E-state index contributed by atoms with van der Waals surface area (Å²) in [6, 6.07) is 41.0. The van der Waals surface area contributed by atoms with Crippen molar-refractivity contribution in [2.75, 3.05) is 0 Å². The summed E-state index contributed by atoms with van der Waals surface area (Å²) in [5.74, 6) is 0.581. The Labute approximate surface area is 302 Å². The molecular formula is C45H26N4OS. The van der Waals surface area contributed by atoms with Crippen molar-refractivity contribution in [1.29, 1.82) is 0 Å². The minimum absolute atomic E-state index is 0.0149. The number of rotatable bonds is 4. The average Bonchev–Trinajstić information content (AvgIpc) is 3.90. The molecule has 0 aliphatic heterocycles. The second-order valence-corrected chi connectivity index (χ2v) is 13.6. The first-order valence-corrected chi connectivity index (χ1v) is 17.3. The third kappa shape index (κ3) is 4.43. The highest BCUT2D eigenvalue weighted by molar-refractivity contribution is 7.25. The highest BCUT2D eigenvalue weighted by Gasteiger charge is 2.17. The molecule has 6 heteroatoms. The lowest BCUT2D eigenvalue weighted by Gasteiger charge is -2.09. The molecule has 7 aromatic carbocycles. The van der Waals surface area contributed by atoms with Crippen LogP contribution in [0.15, 0.2) is 162 Å². The van der Waals surface area contributed by atoms with E-state index in [0.29, 0.717) is 22.5 Å². The van der Waals surface area contributed by atoms with Gasteiger partial charge in [-0.1, -0.05) is 103 Å². The molecule has 0 atom stereocenters. The largest absolute Gasteiger partial charge is 0.456 e. The summed E-state index contributed by atoms with van der Waals surface area (Å²) in [6.07, 6.45) is 0. The summed E-state index contributed by atoms with van der Waals surface area (Å²) in [4.78, 5) is 14.5. The van der Waals surface area contributed by atoms with Crippen molar-refractivity contribution >= 4 is 75.3 Å². The van der Waals surface area contributed by atoms with Crippen molar-refractivity contribution in [1.82, 2.24) is 19.5 Å². The van der Waals surface area contributed by atoms with Gasteiger partial charge in [-0.2, -0.15) is 0 Å². The highest BCUT2D eigenvalue weighted by Crippen LogP contribution is 2.40. The van der Waals surface area contributed by atoms with Gasteiger partial charge in [0, 0.05) is 64.1 Å². The maximum absolute atomic E-state index is 8.73. The summed E-state index contributed by atoms with van der Waals surface area (Å²) in [5, 5.41) is 6.57. The van der Waals surface area contributed by atoms with Gasteiger partial charge in [0.15, 0.2) is 17.5 Å². The van der Waals surface area contributed by atoms with Gasteiger partial charge in [-0.15, -0.1) is 11.3 Å². The number of furan rings is 1. The van der Waals surface area contributed by atoms with Crippen LogP contribution in [0.2, 0.25) is 0 Å². The molecule has 4 aromatic heterocycles. The Morgan fingerprint density at radius 1 is 0.471 bits per heavy atom. The minimum Gasteiger partial charge on any atom is -0.456 e. The van der Waals surface area contributed by atoms with E-state index in [1.165, 1.54) is 10.8 Å². The number of aromatic nitrogens is 4. The first-order chi connectivity index (χ1) is 27.3. The highest BCUT2D eigenvalue weighted by atomic mass is 32.1. The van der Waals surface area contributed by atoms with Crippen molar-refractivity contribution in [3.8, 4) is 39.9 Å². The molecule has 0 saturated heterocycles. The molecule has 0 N–H and O–H groups in total. The zero-order valence-electron chi connectivity index (χ0n) is 31.7. The predicted octanol–water partition coefficient (Wildman–Crippen LogP) is 12.2. The second-order valence-electron chi connectivity index (χ2n) is 12.5. The Hall–Kier alpha value is -6.63. The van der Waals surface area contributed by atoms with Gasteiger partial charge in [0.05, 0.1) is 17.9 Å². The van der Waals surface area contributed by atoms with Crippen LogP contribution in [-0.4, -0.2) is 19.5 Å². The number of thiophene rings is 1. The van der Waals surface area contributed by atoms with Crippen LogP contribution in [0.1, 0.15) is 6.85 Å². The molecule has 11 aromatic rings. The molecule has 4 heterocycles. The monoisotopic (exact) mass is 675 g/mol. The van der Waals surface area contributed by atoms with E-state index in [-0.39, 0.29) is 29.3 Å². The van der Waals surface area contributed by atoms with Gasteiger partial charge >= 0.3 is 0 Å². The van der Waals surface area contributed by atoms with Crippen LogP contribution in [0.25, 0.3) is 104 Å². The van der Waals surface area contributed by atoms with E-state index in [1.807, 2.05) is 54.6 Å². The lowest BCUT2D eigenvalue weighted by molar-refractivity contribution is 0.669. The Morgan fingerprint density at radius 2 is 1.08 bits per heavy atom. The molecule has 0 aliphatic rings. The van der Waals surface area contributed by atoms with Crippen molar-refractivity contribution in [3.05, 3.63) is 158 Å². The predicted molar refractivity (Wildman–Crippen MR) is 211 cm³/mol. The molecule has 0 spiro atoms. The lowest BCUT2D eigenvalue weighted by atomic mass is 10.1. The number of hydrogen-bond donors (Lipinski definition) is 0. The van der Waals surface area contributed by atoms with Crippen LogP contribution < -0.4 is 0 Å². The fourth-order valence-corrected chi connectivity index (χ4v) is 8.34. The Balaban J connectivity index is 1.09. The number of benzene rings is 7. The molecule has 0 saturated carbocycles. The van der Waals surface area contributed by atoms with E-state index in [0.717, 1.165) is 53.2 Å². The van der Waals surface area contributed by atoms with Crippen LogP contribution in [0.4, 0.5) is 0 Å². The molecular weight excluding hydrogens is 645 g/mol. The summed E-state index contributed by atoms with van der Waals surface area (Å²) in [7, 11) is 0. The number of nitrogens with zero attached hydrogens (tertiary/aromatic N) is 4. The zero-order valence-corrected chi connectivity index (χ0v) is 27.5. The summed E-state index contributed by atoms with van der Waals surface area (Å²) in [6.45, 7) is 0. The topological polar surface area (TPSA) is 56.7 Å². The number of para-hydroxylation sites is 3. The van der Waals surface area contributed by atoms with Crippen molar-refractivity contribution in [3.63, 3.8) is 0 Å². The minimum atomic E-state index is -0.481. The maximum Gasteiger partial charge on any atom is 0.164 e. The average molecular weight is 676 g/mol. The van der Waals surface area contributed by atoms with Crippen LogP contribution >= 0.6 is 11.3 Å². The normalized spacial score (nSPS) is 13.3. The smallest absolute Gasteiger partial charge is 0.164 e. The van der Waals surface area contributed by atoms with Gasteiger partial charge in [-0.05, 0) is 54.6 Å². The Bertz CT molecular complexity index is 3380. The molecule has 5 nitrogen and oxygen atoms in total. The van der Waals surface area contributed by atoms with Gasteiger partial charge in [-0.3, -0.25) is 0 Å². The van der Waals surface area contributed by atoms with E-state index in [9.17, 15) is 0 Å². The van der Waals surface area contributed by atoms with Crippen LogP contribution in [0, 0.1) is 0 Å². The third-order valence-electron chi connectivity index (χ3n) is 9.55. The Kier molecular flexibility index (Phi) is 5.08. The second kappa shape index (κ2) is 10.9. The zero-order chi connectivity index (χ0) is 37.8. The summed E-state index contributed by atoms with van der Waals surface area (Å²) in [5.41, 5.74) is 6.03. The van der Waals surface area contributed by atoms with Crippen molar-refractivity contribution in [2.24, 2.45) is 0 Å². The molecule has 51 heavy (non-hydrogen) atoms. The van der Waals surface area contributed by atoms with Gasteiger partial charge in [0.1, 0.15) is 11.2 Å². The molecule has 11 rings (SSSR count). The molecule has 0 fully saturated rings. The fraction of sp³-hybridized carbons (Fsp3) is 0. The molecule has 0 bridgehead atoms. The van der Waals surface area contributed by atoms with Gasteiger partial charge < -0.3 is 8.98 Å². The van der Waals surface area contributed by atoms with E-state index in [4.69, 9.17) is 26.2 Å². The van der Waals surface area contributed by atoms with Crippen LogP contribution in [0.5, 0.6) is 0 Å². The number of hydrogen-bond acceptors (Lipinski definition) is 5. The molecule has 0 aliphatic carbocycles. The molecule has 238 valence electrons. The third-order valence-corrected chi connectivity index (χ3v) is 10.7. The maximum atomic E-state index is 8.73. The standard InChI is InChI=1S/C45H26N4OS/c1-2-10-27(11-3-1)43-46-44(28-18-21-34-33-14-6-9-17-39(33)50-40(34)24-28)48-45(47-43)29-19-22-35-36-26-30(20-23-41(36)51-42(35)25-29)49-37-15-7-4-12-31(37)32-13-5-8-16-38(32)49/h1-26H/i1D,2D,3D,10D,11D. The quantitative estimate of drug-likeness (QED) is 0.186. The van der Waals surface area contributed by atoms with E-state index < -0.39 is 18.1 Å². The van der Waals surface area contributed by atoms with Gasteiger partial charge in [-0.25, -0.2) is 15.0 Å². The van der Waals surface area contributed by atoms with E-state index in [1.54, 1.807) is 11.3 Å². The van der Waals surface area contributed by atoms with Crippen LogP contribution in [-0.2, 0) is 0 Å². The van der Waals surface area contributed by atoms with Crippen molar-refractivity contribution in [2.45, 2.75) is 0 Å². The first kappa shape index (κ1) is 23.7. The van der Waals surface area contributed by atoms with Crippen molar-refractivity contribution < 1.29 is 11.3 Å². The van der Waals surface area contributed by atoms with E-state index in [2.05, 4.69) is 77.4 Å². The lowest BCUT2D eigenvalue weighted by Crippen LogP contribution is -2.00. The van der Waals surface area contributed by atoms with Crippen LogP contribution in [0.3, 0.4) is 0 Å². The first-order valence-electron chi connectivity index (χ1n) is 19.0. The summed E-state index contributed by atoms with van der Waals surface area (Å²) >= 11 is 1.68. The molecule has 0 unspecified atom stereocenters. The van der Waals surface area contributed by atoms with Gasteiger partial charge in [0.2, 0.25) is 0 Å². The fourth-order valence-electron chi connectivity index (χ4n) is 7.22. The molecule has 0 radical (unpaired) electrons. The SMILES string of the molecule is [2H]c1c([2H])c([2H])c(-c2nc(-c3ccc4c(c3)oc3ccccc34)nc(-c3ccc4c(c3)sc3ccc(-n5c6ccccc6c6ccccc65)cc34)n2)c([2H])c1[2H]. The number of fused-ring (bicyclic) bond motifs is 9. The molecule has 0 amide bonds. The van der Waals surface area contributed by atoms with E-state index >= 15 is 0 Å².